The van der Waals surface area contributed by atoms with Crippen molar-refractivity contribution >= 4 is 55.1 Å². The van der Waals surface area contributed by atoms with E-state index in [2.05, 4.69) is 21.2 Å². The van der Waals surface area contributed by atoms with Crippen molar-refractivity contribution in [1.29, 1.82) is 0 Å². The van der Waals surface area contributed by atoms with Crippen LogP contribution in [-0.4, -0.2) is 43.8 Å². The van der Waals surface area contributed by atoms with Crippen molar-refractivity contribution in [1.82, 2.24) is 10.2 Å². The van der Waals surface area contributed by atoms with Gasteiger partial charge in [-0.1, -0.05) is 114 Å². The van der Waals surface area contributed by atoms with Gasteiger partial charge in [-0.15, -0.1) is 0 Å². The molecule has 1 atom stereocenters. The minimum Gasteiger partial charge on any atom is -0.352 e. The van der Waals surface area contributed by atoms with Crippen molar-refractivity contribution in [2.45, 2.75) is 62.0 Å². The molecule has 1 aliphatic carbocycles. The Morgan fingerprint density at radius 1 is 0.826 bits per heavy atom. The molecule has 0 radical (unpaired) electrons. The largest absolute Gasteiger partial charge is 0.352 e. The molecule has 0 aromatic heterocycles. The maximum absolute atomic E-state index is 14.6. The molecule has 2 amide bonds. The lowest BCUT2D eigenvalue weighted by molar-refractivity contribution is -0.140. The number of nitrogens with zero attached hydrogens (tertiary/aromatic N) is 2. The Kier molecular flexibility index (Phi) is 11.5. The van der Waals surface area contributed by atoms with Crippen molar-refractivity contribution in [2.24, 2.45) is 0 Å². The van der Waals surface area contributed by atoms with E-state index in [0.29, 0.717) is 15.2 Å². The van der Waals surface area contributed by atoms with Gasteiger partial charge in [0.25, 0.3) is 10.0 Å². The molecule has 4 aromatic carbocycles. The topological polar surface area (TPSA) is 86.8 Å². The second-order valence-corrected chi connectivity index (χ2v) is 14.7. The zero-order valence-electron chi connectivity index (χ0n) is 25.4. The lowest BCUT2D eigenvalue weighted by atomic mass is 9.94. The number of anilines is 1. The number of sulfonamides is 1. The highest BCUT2D eigenvalue weighted by Crippen LogP contribution is 2.28. The van der Waals surface area contributed by atoms with Crippen LogP contribution < -0.4 is 9.62 Å². The predicted octanol–water partition coefficient (Wildman–Crippen LogP) is 7.39. The summed E-state index contributed by atoms with van der Waals surface area (Å²) in [7, 11) is -4.16. The van der Waals surface area contributed by atoms with E-state index in [-0.39, 0.29) is 29.8 Å². The highest BCUT2D eigenvalue weighted by Gasteiger charge is 2.35. The van der Waals surface area contributed by atoms with Crippen LogP contribution in [0.25, 0.3) is 0 Å². The summed E-state index contributed by atoms with van der Waals surface area (Å²) in [5.41, 5.74) is 1.98. The van der Waals surface area contributed by atoms with Gasteiger partial charge in [-0.2, -0.15) is 0 Å². The van der Waals surface area contributed by atoms with Crippen LogP contribution in [0, 0.1) is 0 Å². The SMILES string of the molecule is O=C(NC1CCCCC1)[C@@H](Cc1ccccc1)N(Cc1ccc(Cl)cc1)C(=O)CN(c1cccc(Br)c1)S(=O)(=O)c1ccccc1. The Morgan fingerprint density at radius 2 is 1.48 bits per heavy atom. The fourth-order valence-corrected chi connectivity index (χ4v) is 7.70. The second-order valence-electron chi connectivity index (χ2n) is 11.5. The van der Waals surface area contributed by atoms with Crippen molar-refractivity contribution < 1.29 is 18.0 Å². The summed E-state index contributed by atoms with van der Waals surface area (Å²) in [6.07, 6.45) is 5.27. The molecule has 5 rings (SSSR count). The first-order valence-electron chi connectivity index (χ1n) is 15.4. The molecule has 0 bridgehead atoms. The van der Waals surface area contributed by atoms with Gasteiger partial charge in [0.15, 0.2) is 0 Å². The summed E-state index contributed by atoms with van der Waals surface area (Å²) >= 11 is 9.62. The molecule has 46 heavy (non-hydrogen) atoms. The molecular weight excluding hydrogens is 686 g/mol. The molecule has 1 N–H and O–H groups in total. The van der Waals surface area contributed by atoms with E-state index in [1.54, 1.807) is 54.6 Å². The highest BCUT2D eigenvalue weighted by atomic mass is 79.9. The van der Waals surface area contributed by atoms with Gasteiger partial charge in [-0.3, -0.25) is 13.9 Å². The summed E-state index contributed by atoms with van der Waals surface area (Å²) in [5, 5.41) is 3.77. The molecule has 1 saturated carbocycles. The first-order valence-corrected chi connectivity index (χ1v) is 18.0. The Morgan fingerprint density at radius 3 is 2.13 bits per heavy atom. The average molecular weight is 723 g/mol. The van der Waals surface area contributed by atoms with E-state index in [9.17, 15) is 18.0 Å². The summed E-state index contributed by atoms with van der Waals surface area (Å²) in [6, 6.07) is 30.7. The zero-order chi connectivity index (χ0) is 32.5. The molecule has 1 fully saturated rings. The van der Waals surface area contributed by atoms with Crippen molar-refractivity contribution in [3.8, 4) is 0 Å². The number of hydrogen-bond donors (Lipinski definition) is 1. The van der Waals surface area contributed by atoms with Crippen LogP contribution in [-0.2, 0) is 32.6 Å². The monoisotopic (exact) mass is 721 g/mol. The molecule has 0 spiro atoms. The molecule has 0 saturated heterocycles. The van der Waals surface area contributed by atoms with Gasteiger partial charge >= 0.3 is 0 Å². The van der Waals surface area contributed by atoms with Gasteiger partial charge in [0, 0.05) is 28.5 Å². The lowest BCUT2D eigenvalue weighted by Gasteiger charge is -2.35. The quantitative estimate of drug-likeness (QED) is 0.165. The number of hydrogen-bond acceptors (Lipinski definition) is 4. The molecule has 1 aliphatic rings. The Labute approximate surface area is 284 Å². The third-order valence-electron chi connectivity index (χ3n) is 8.20. The first-order chi connectivity index (χ1) is 22.2. The van der Waals surface area contributed by atoms with E-state index in [4.69, 9.17) is 11.6 Å². The average Bonchev–Trinajstić information content (AvgIpc) is 3.07. The van der Waals surface area contributed by atoms with Crippen LogP contribution in [0.2, 0.25) is 5.02 Å². The van der Waals surface area contributed by atoms with E-state index in [1.165, 1.54) is 17.0 Å². The summed E-state index contributed by atoms with van der Waals surface area (Å²) in [4.78, 5) is 30.3. The Hall–Kier alpha value is -3.66. The minimum absolute atomic E-state index is 0.0311. The van der Waals surface area contributed by atoms with E-state index in [0.717, 1.165) is 47.5 Å². The first kappa shape index (κ1) is 33.7. The number of benzene rings is 4. The Bertz CT molecular complexity index is 1720. The van der Waals surface area contributed by atoms with Gasteiger partial charge in [0.05, 0.1) is 10.6 Å². The maximum Gasteiger partial charge on any atom is 0.264 e. The van der Waals surface area contributed by atoms with Crippen LogP contribution in [0.3, 0.4) is 0 Å². The Balaban J connectivity index is 1.55. The normalized spacial score (nSPS) is 14.3. The molecule has 4 aromatic rings. The molecule has 10 heteroatoms. The van der Waals surface area contributed by atoms with Gasteiger partial charge in [-0.25, -0.2) is 8.42 Å². The number of amides is 2. The molecule has 0 heterocycles. The van der Waals surface area contributed by atoms with Crippen molar-refractivity contribution in [2.75, 3.05) is 10.8 Å². The van der Waals surface area contributed by atoms with Gasteiger partial charge < -0.3 is 10.2 Å². The smallest absolute Gasteiger partial charge is 0.264 e. The lowest BCUT2D eigenvalue weighted by Crippen LogP contribution is -2.55. The van der Waals surface area contributed by atoms with Crippen LogP contribution in [0.5, 0.6) is 0 Å². The van der Waals surface area contributed by atoms with Gasteiger partial charge in [0.1, 0.15) is 12.6 Å². The summed E-state index contributed by atoms with van der Waals surface area (Å²) < 4.78 is 30.0. The van der Waals surface area contributed by atoms with Gasteiger partial charge in [0.2, 0.25) is 11.8 Å². The van der Waals surface area contributed by atoms with E-state index >= 15 is 0 Å². The predicted molar refractivity (Wildman–Crippen MR) is 186 cm³/mol. The molecular formula is C36H37BrClN3O4S. The fourth-order valence-electron chi connectivity index (χ4n) is 5.76. The number of halogens is 2. The number of rotatable bonds is 12. The second kappa shape index (κ2) is 15.8. The maximum atomic E-state index is 14.6. The van der Waals surface area contributed by atoms with Crippen LogP contribution in [0.15, 0.2) is 119 Å². The zero-order valence-corrected chi connectivity index (χ0v) is 28.6. The molecule has 240 valence electrons. The van der Waals surface area contributed by atoms with Crippen LogP contribution in [0.4, 0.5) is 5.69 Å². The fraction of sp³-hybridized carbons (Fsp3) is 0.278. The third-order valence-corrected chi connectivity index (χ3v) is 10.7. The number of carbonyl (C=O) groups excluding carboxylic acids is 2. The van der Waals surface area contributed by atoms with E-state index < -0.39 is 28.5 Å². The van der Waals surface area contributed by atoms with Crippen LogP contribution in [0.1, 0.15) is 43.2 Å². The summed E-state index contributed by atoms with van der Waals surface area (Å²) in [5.74, 6) is -0.757. The van der Waals surface area contributed by atoms with E-state index in [1.807, 2.05) is 42.5 Å². The van der Waals surface area contributed by atoms with Crippen molar-refractivity contribution in [3.63, 3.8) is 0 Å². The van der Waals surface area contributed by atoms with Crippen LogP contribution >= 0.6 is 27.5 Å². The highest BCUT2D eigenvalue weighted by molar-refractivity contribution is 9.10. The molecule has 7 nitrogen and oxygen atoms in total. The number of nitrogens with one attached hydrogen (secondary N) is 1. The van der Waals surface area contributed by atoms with Crippen molar-refractivity contribution in [3.05, 3.63) is 130 Å². The molecule has 0 aliphatic heterocycles. The molecule has 0 unspecified atom stereocenters. The third kappa shape index (κ3) is 8.78. The minimum atomic E-state index is -4.16. The number of carbonyl (C=O) groups is 2. The summed E-state index contributed by atoms with van der Waals surface area (Å²) in [6.45, 7) is -0.424. The van der Waals surface area contributed by atoms with Gasteiger partial charge in [-0.05, 0) is 66.4 Å². The standard InChI is InChI=1S/C36H37BrClN3O4S/c37-29-13-10-16-32(24-29)41(46(44,45)33-17-8-3-9-18-33)26-35(42)40(25-28-19-21-30(38)22-20-28)34(23-27-11-4-1-5-12-27)36(43)39-31-14-6-2-7-15-31/h1,3-5,8-13,16-22,24,31,34H,2,6-7,14-15,23,25-26H2,(H,39,43)/t34-/m1/s1.